The second-order valence-corrected chi connectivity index (χ2v) is 3.99. The molecule has 0 aliphatic heterocycles. The van der Waals surface area contributed by atoms with Gasteiger partial charge >= 0.3 is 0 Å². The molecule has 0 atom stereocenters. The number of nitrogens with zero attached hydrogens (tertiary/aromatic N) is 1. The molecule has 4 heteroatoms. The molecule has 1 fully saturated rings. The summed E-state index contributed by atoms with van der Waals surface area (Å²) in [5, 5.41) is 1.91. The highest BCUT2D eigenvalue weighted by Gasteiger charge is 2.27. The van der Waals surface area contributed by atoms with Crippen molar-refractivity contribution in [3.8, 4) is 0 Å². The van der Waals surface area contributed by atoms with Gasteiger partial charge in [-0.15, -0.1) is 11.3 Å². The van der Waals surface area contributed by atoms with Gasteiger partial charge in [0, 0.05) is 24.1 Å². The van der Waals surface area contributed by atoms with E-state index in [1.807, 2.05) is 5.38 Å². The lowest BCUT2D eigenvalue weighted by Gasteiger charge is -2.17. The van der Waals surface area contributed by atoms with Crippen LogP contribution in [0, 0.1) is 0 Å². The summed E-state index contributed by atoms with van der Waals surface area (Å²) < 4.78 is 0. The zero-order valence-corrected chi connectivity index (χ0v) is 7.84. The molecule has 0 radical (unpaired) electrons. The third-order valence-electron chi connectivity index (χ3n) is 2.21. The van der Waals surface area contributed by atoms with Crippen molar-refractivity contribution in [1.82, 2.24) is 4.98 Å². The summed E-state index contributed by atoms with van der Waals surface area (Å²) in [5.41, 5.74) is 2.63. The van der Waals surface area contributed by atoms with Gasteiger partial charge in [-0.1, -0.05) is 0 Å². The van der Waals surface area contributed by atoms with Crippen molar-refractivity contribution in [2.75, 3.05) is 0 Å². The van der Waals surface area contributed by atoms with Crippen LogP contribution < -0.4 is 0 Å². The summed E-state index contributed by atoms with van der Waals surface area (Å²) in [7, 11) is 0. The summed E-state index contributed by atoms with van der Waals surface area (Å²) in [4.78, 5) is 26.4. The minimum atomic E-state index is 0.0417. The van der Waals surface area contributed by atoms with Crippen molar-refractivity contribution in [2.24, 2.45) is 0 Å². The van der Waals surface area contributed by atoms with Gasteiger partial charge in [0.15, 0.2) is 0 Å². The first kappa shape index (κ1) is 8.56. The minimum Gasteiger partial charge on any atom is -0.299 e. The lowest BCUT2D eigenvalue weighted by molar-refractivity contribution is -0.130. The zero-order valence-electron chi connectivity index (χ0n) is 7.03. The maximum Gasteiger partial charge on any atom is 0.140 e. The minimum absolute atomic E-state index is 0.0417. The van der Waals surface area contributed by atoms with Gasteiger partial charge in [0.2, 0.25) is 0 Å². The Bertz CT molecular complexity index is 315. The Morgan fingerprint density at radius 3 is 2.54 bits per heavy atom. The van der Waals surface area contributed by atoms with E-state index in [4.69, 9.17) is 0 Å². The van der Waals surface area contributed by atoms with Gasteiger partial charge in [-0.25, -0.2) is 4.98 Å². The number of Topliss-reactive ketones (excluding diaryl/α,β-unsaturated/α-hetero) is 2. The number of aromatic nitrogens is 1. The molecule has 0 saturated heterocycles. The quantitative estimate of drug-likeness (QED) is 0.639. The normalized spacial score (nSPS) is 19.4. The van der Waals surface area contributed by atoms with Crippen molar-refractivity contribution >= 4 is 22.9 Å². The van der Waals surface area contributed by atoms with Crippen LogP contribution in [0.5, 0.6) is 0 Å². The Balaban J connectivity index is 2.16. The second kappa shape index (κ2) is 3.38. The average Bonchev–Trinajstić information content (AvgIpc) is 2.53. The summed E-state index contributed by atoms with van der Waals surface area (Å²) in [6.45, 7) is 0. The van der Waals surface area contributed by atoms with Gasteiger partial charge in [0.25, 0.3) is 0 Å². The molecule has 13 heavy (non-hydrogen) atoms. The standard InChI is InChI=1S/C9H9NO2S/c11-7-1-6(2-8(12)3-7)9-4-13-5-10-9/h4-6H,1-3H2. The maximum atomic E-state index is 11.1. The molecule has 0 spiro atoms. The Hall–Kier alpha value is -1.03. The zero-order chi connectivity index (χ0) is 9.26. The van der Waals surface area contributed by atoms with Gasteiger partial charge in [0.05, 0.1) is 17.6 Å². The first-order valence-corrected chi connectivity index (χ1v) is 5.11. The van der Waals surface area contributed by atoms with E-state index in [9.17, 15) is 9.59 Å². The fourth-order valence-corrected chi connectivity index (χ4v) is 2.25. The maximum absolute atomic E-state index is 11.1. The predicted molar refractivity (Wildman–Crippen MR) is 48.7 cm³/mol. The van der Waals surface area contributed by atoms with Crippen LogP contribution in [0.1, 0.15) is 30.9 Å². The monoisotopic (exact) mass is 195 g/mol. The van der Waals surface area contributed by atoms with Crippen molar-refractivity contribution < 1.29 is 9.59 Å². The van der Waals surface area contributed by atoms with Crippen LogP contribution in [-0.2, 0) is 9.59 Å². The van der Waals surface area contributed by atoms with Gasteiger partial charge in [-0.3, -0.25) is 9.59 Å². The first-order chi connectivity index (χ1) is 6.25. The molecular formula is C9H9NO2S. The van der Waals surface area contributed by atoms with E-state index in [0.29, 0.717) is 12.8 Å². The molecule has 1 aromatic rings. The Kier molecular flexibility index (Phi) is 2.22. The smallest absolute Gasteiger partial charge is 0.140 e. The topological polar surface area (TPSA) is 47.0 Å². The second-order valence-electron chi connectivity index (χ2n) is 3.27. The first-order valence-electron chi connectivity index (χ1n) is 4.17. The van der Waals surface area contributed by atoms with E-state index in [1.54, 1.807) is 5.51 Å². The Morgan fingerprint density at radius 1 is 1.31 bits per heavy atom. The van der Waals surface area contributed by atoms with E-state index in [2.05, 4.69) is 4.98 Å². The Morgan fingerprint density at radius 2 is 2.00 bits per heavy atom. The van der Waals surface area contributed by atoms with E-state index < -0.39 is 0 Å². The predicted octanol–water partition coefficient (Wildman–Crippen LogP) is 1.55. The van der Waals surface area contributed by atoms with Crippen molar-refractivity contribution in [1.29, 1.82) is 0 Å². The number of carbonyl (C=O) groups is 2. The van der Waals surface area contributed by atoms with Gasteiger partial charge < -0.3 is 0 Å². The number of thiazole rings is 1. The van der Waals surface area contributed by atoms with Crippen LogP contribution >= 0.6 is 11.3 Å². The highest BCUT2D eigenvalue weighted by atomic mass is 32.1. The summed E-state index contributed by atoms with van der Waals surface area (Å²) in [6, 6.07) is 0. The molecule has 68 valence electrons. The molecular weight excluding hydrogens is 186 g/mol. The van der Waals surface area contributed by atoms with E-state index >= 15 is 0 Å². The molecule has 0 unspecified atom stereocenters. The van der Waals surface area contributed by atoms with Gasteiger partial charge in [-0.05, 0) is 0 Å². The molecule has 0 N–H and O–H groups in total. The van der Waals surface area contributed by atoms with Crippen molar-refractivity contribution in [3.05, 3.63) is 16.6 Å². The van der Waals surface area contributed by atoms with Gasteiger partial charge in [0.1, 0.15) is 11.6 Å². The summed E-state index contributed by atoms with van der Waals surface area (Å²) >= 11 is 1.50. The molecule has 1 aliphatic carbocycles. The number of hydrogen-bond acceptors (Lipinski definition) is 4. The van der Waals surface area contributed by atoms with Crippen molar-refractivity contribution in [2.45, 2.75) is 25.2 Å². The van der Waals surface area contributed by atoms with Gasteiger partial charge in [-0.2, -0.15) is 0 Å². The third-order valence-corrected chi connectivity index (χ3v) is 2.82. The van der Waals surface area contributed by atoms with Crippen LogP contribution in [0.25, 0.3) is 0 Å². The number of hydrogen-bond donors (Lipinski definition) is 0. The molecule has 0 aromatic carbocycles. The third kappa shape index (κ3) is 1.83. The average molecular weight is 195 g/mol. The fourth-order valence-electron chi connectivity index (χ4n) is 1.62. The van der Waals surface area contributed by atoms with Crippen LogP contribution in [0.2, 0.25) is 0 Å². The van der Waals surface area contributed by atoms with Crippen molar-refractivity contribution in [3.63, 3.8) is 0 Å². The van der Waals surface area contributed by atoms with E-state index in [1.165, 1.54) is 11.3 Å². The lowest BCUT2D eigenvalue weighted by Crippen LogP contribution is -2.21. The van der Waals surface area contributed by atoms with E-state index in [-0.39, 0.29) is 23.9 Å². The molecule has 0 bridgehead atoms. The Labute approximate surface area is 79.8 Å². The SMILES string of the molecule is O=C1CC(=O)CC(c2cscn2)C1. The fraction of sp³-hybridized carbons (Fsp3) is 0.444. The summed E-state index contributed by atoms with van der Waals surface area (Å²) in [6.07, 6.45) is 1.09. The number of ketones is 2. The lowest BCUT2D eigenvalue weighted by atomic mass is 9.86. The van der Waals surface area contributed by atoms with Crippen LogP contribution in [0.15, 0.2) is 10.9 Å². The largest absolute Gasteiger partial charge is 0.299 e. The van der Waals surface area contributed by atoms with Crippen LogP contribution in [0.4, 0.5) is 0 Å². The number of carbonyl (C=O) groups excluding carboxylic acids is 2. The molecule has 3 nitrogen and oxygen atoms in total. The van der Waals surface area contributed by atoms with Crippen LogP contribution in [0.3, 0.4) is 0 Å². The molecule has 0 amide bonds. The molecule has 2 rings (SSSR count). The summed E-state index contributed by atoms with van der Waals surface area (Å²) in [5.74, 6) is 0.142. The molecule has 1 aliphatic rings. The molecule has 1 heterocycles. The van der Waals surface area contributed by atoms with Crippen LogP contribution in [-0.4, -0.2) is 16.6 Å². The highest BCUT2D eigenvalue weighted by molar-refractivity contribution is 7.07. The van der Waals surface area contributed by atoms with E-state index in [0.717, 1.165) is 5.69 Å². The molecule has 1 saturated carbocycles. The highest BCUT2D eigenvalue weighted by Crippen LogP contribution is 2.28. The molecule has 1 aromatic heterocycles. The number of rotatable bonds is 1.